The maximum atomic E-state index is 13.0. The molecule has 128 valence electrons. The number of sulfonamides is 1. The van der Waals surface area contributed by atoms with Crippen LogP contribution in [0.5, 0.6) is 0 Å². The standard InChI is InChI=1S/C18H15FN2O2S2/c1-4-9-21-16-11-12(2)10-13(3)17(16)24-18(21)20-25(22,23)15-7-5-14(19)6-8-15/h1,5-8,10-11H,9H2,2-3H3/b20-18-. The summed E-state index contributed by atoms with van der Waals surface area (Å²) in [6.07, 6.45) is 5.45. The molecule has 0 spiro atoms. The van der Waals surface area contributed by atoms with Crippen LogP contribution in [0.15, 0.2) is 45.7 Å². The van der Waals surface area contributed by atoms with Gasteiger partial charge < -0.3 is 4.57 Å². The van der Waals surface area contributed by atoms with Crippen LogP contribution in [0.2, 0.25) is 0 Å². The molecule has 0 amide bonds. The largest absolute Gasteiger partial charge is 0.304 e. The minimum atomic E-state index is -3.96. The number of aromatic nitrogens is 1. The minimum absolute atomic E-state index is 0.0634. The van der Waals surface area contributed by atoms with Crippen molar-refractivity contribution < 1.29 is 12.8 Å². The summed E-state index contributed by atoms with van der Waals surface area (Å²) in [5.41, 5.74) is 2.95. The number of aryl methyl sites for hydroxylation is 2. The molecule has 0 unspecified atom stereocenters. The highest BCUT2D eigenvalue weighted by Crippen LogP contribution is 2.24. The lowest BCUT2D eigenvalue weighted by Crippen LogP contribution is -2.16. The molecule has 3 aromatic rings. The third kappa shape index (κ3) is 3.36. The zero-order chi connectivity index (χ0) is 18.2. The molecule has 25 heavy (non-hydrogen) atoms. The van der Waals surface area contributed by atoms with Crippen molar-refractivity contribution in [2.75, 3.05) is 0 Å². The van der Waals surface area contributed by atoms with Gasteiger partial charge in [-0.3, -0.25) is 0 Å². The summed E-state index contributed by atoms with van der Waals surface area (Å²) >= 11 is 1.27. The van der Waals surface area contributed by atoms with E-state index in [0.717, 1.165) is 33.5 Å². The van der Waals surface area contributed by atoms with E-state index < -0.39 is 15.8 Å². The molecule has 0 fully saturated rings. The van der Waals surface area contributed by atoms with Crippen molar-refractivity contribution in [2.45, 2.75) is 25.3 Å². The van der Waals surface area contributed by atoms with Crippen LogP contribution in [0.1, 0.15) is 11.1 Å². The van der Waals surface area contributed by atoms with E-state index in [2.05, 4.69) is 10.3 Å². The molecule has 0 radical (unpaired) electrons. The molecular weight excluding hydrogens is 359 g/mol. The summed E-state index contributed by atoms with van der Waals surface area (Å²) in [7, 11) is -3.96. The quantitative estimate of drug-likeness (QED) is 0.660. The Bertz CT molecular complexity index is 1160. The van der Waals surface area contributed by atoms with Crippen LogP contribution in [-0.4, -0.2) is 13.0 Å². The van der Waals surface area contributed by atoms with E-state index in [0.29, 0.717) is 4.80 Å². The number of halogens is 1. The van der Waals surface area contributed by atoms with Crippen molar-refractivity contribution in [2.24, 2.45) is 4.40 Å². The Morgan fingerprint density at radius 2 is 1.92 bits per heavy atom. The highest BCUT2D eigenvalue weighted by Gasteiger charge is 2.15. The average molecular weight is 374 g/mol. The minimum Gasteiger partial charge on any atom is -0.304 e. The van der Waals surface area contributed by atoms with E-state index in [1.54, 1.807) is 4.57 Å². The van der Waals surface area contributed by atoms with E-state index >= 15 is 0 Å². The van der Waals surface area contributed by atoms with E-state index in [1.807, 2.05) is 26.0 Å². The van der Waals surface area contributed by atoms with E-state index in [4.69, 9.17) is 6.42 Å². The molecule has 0 aliphatic carbocycles. The summed E-state index contributed by atoms with van der Waals surface area (Å²) in [6, 6.07) is 8.56. The van der Waals surface area contributed by atoms with Crippen molar-refractivity contribution in [3.63, 3.8) is 0 Å². The molecule has 1 heterocycles. The second-order valence-corrected chi connectivity index (χ2v) is 8.21. The van der Waals surface area contributed by atoms with Gasteiger partial charge in [0.05, 0.1) is 21.7 Å². The Balaban J connectivity index is 2.29. The van der Waals surface area contributed by atoms with Crippen LogP contribution in [0.4, 0.5) is 4.39 Å². The topological polar surface area (TPSA) is 51.4 Å². The Kier molecular flexibility index (Phi) is 4.50. The third-order valence-corrected chi connectivity index (χ3v) is 6.30. The van der Waals surface area contributed by atoms with Gasteiger partial charge in [0, 0.05) is 0 Å². The summed E-state index contributed by atoms with van der Waals surface area (Å²) in [6.45, 7) is 4.14. The van der Waals surface area contributed by atoms with Crippen LogP contribution in [0.25, 0.3) is 10.2 Å². The van der Waals surface area contributed by atoms with E-state index in [9.17, 15) is 12.8 Å². The van der Waals surface area contributed by atoms with Gasteiger partial charge in [-0.05, 0) is 55.3 Å². The van der Waals surface area contributed by atoms with Crippen LogP contribution < -0.4 is 4.80 Å². The predicted octanol–water partition coefficient (Wildman–Crippen LogP) is 3.38. The van der Waals surface area contributed by atoms with Crippen molar-refractivity contribution in [1.29, 1.82) is 0 Å². The fourth-order valence-corrected chi connectivity index (χ4v) is 4.87. The first-order valence-corrected chi connectivity index (χ1v) is 9.68. The second-order valence-electron chi connectivity index (χ2n) is 5.63. The number of nitrogens with zero attached hydrogens (tertiary/aromatic N) is 2. The molecule has 2 aromatic carbocycles. The van der Waals surface area contributed by atoms with Gasteiger partial charge >= 0.3 is 0 Å². The van der Waals surface area contributed by atoms with Crippen molar-refractivity contribution in [1.82, 2.24) is 4.57 Å². The molecule has 0 saturated heterocycles. The molecule has 4 nitrogen and oxygen atoms in total. The molecule has 0 aliphatic heterocycles. The number of rotatable bonds is 3. The van der Waals surface area contributed by atoms with Gasteiger partial charge in [0.15, 0.2) is 0 Å². The Hall–Kier alpha value is -2.43. The normalized spacial score (nSPS) is 12.5. The smallest absolute Gasteiger partial charge is 0.285 e. The van der Waals surface area contributed by atoms with Gasteiger partial charge in [-0.25, -0.2) is 4.39 Å². The fraction of sp³-hybridized carbons (Fsp3) is 0.167. The molecule has 0 saturated carbocycles. The van der Waals surface area contributed by atoms with Crippen molar-refractivity contribution in [3.8, 4) is 12.3 Å². The summed E-state index contributed by atoms with van der Waals surface area (Å²) in [5, 5.41) is 0. The summed E-state index contributed by atoms with van der Waals surface area (Å²) in [4.78, 5) is 0.234. The molecule has 3 rings (SSSR count). The molecular formula is C18H15FN2O2S2. The zero-order valence-corrected chi connectivity index (χ0v) is 15.3. The monoisotopic (exact) mass is 374 g/mol. The number of hydrogen-bond donors (Lipinski definition) is 0. The lowest BCUT2D eigenvalue weighted by atomic mass is 10.1. The predicted molar refractivity (Wildman–Crippen MR) is 97.3 cm³/mol. The molecule has 0 bridgehead atoms. The van der Waals surface area contributed by atoms with Gasteiger partial charge in [-0.2, -0.15) is 8.42 Å². The number of benzene rings is 2. The van der Waals surface area contributed by atoms with Crippen LogP contribution in [0, 0.1) is 32.0 Å². The lowest BCUT2D eigenvalue weighted by Gasteiger charge is -2.03. The number of thiazole rings is 1. The van der Waals surface area contributed by atoms with Gasteiger partial charge in [-0.1, -0.05) is 23.3 Å². The van der Waals surface area contributed by atoms with Gasteiger partial charge in [0.2, 0.25) is 4.80 Å². The molecule has 1 aromatic heterocycles. The number of hydrogen-bond acceptors (Lipinski definition) is 3. The van der Waals surface area contributed by atoms with Crippen molar-refractivity contribution in [3.05, 3.63) is 58.1 Å². The highest BCUT2D eigenvalue weighted by atomic mass is 32.2. The number of terminal acetylenes is 1. The summed E-state index contributed by atoms with van der Waals surface area (Å²) < 4.78 is 44.7. The average Bonchev–Trinajstić information content (AvgIpc) is 2.86. The van der Waals surface area contributed by atoms with Crippen LogP contribution in [-0.2, 0) is 16.6 Å². The third-order valence-electron chi connectivity index (χ3n) is 3.67. The maximum Gasteiger partial charge on any atom is 0.285 e. The number of fused-ring (bicyclic) bond motifs is 1. The highest BCUT2D eigenvalue weighted by molar-refractivity contribution is 7.90. The lowest BCUT2D eigenvalue weighted by molar-refractivity contribution is 0.594. The summed E-state index contributed by atoms with van der Waals surface area (Å²) in [5.74, 6) is 2.03. The van der Waals surface area contributed by atoms with E-state index in [1.165, 1.54) is 23.5 Å². The SMILES string of the molecule is C#CCn1/c(=N/S(=O)(=O)c2ccc(F)cc2)sc2c(C)cc(C)cc21. The molecule has 7 heteroatoms. The fourth-order valence-electron chi connectivity index (χ4n) is 2.59. The van der Waals surface area contributed by atoms with Crippen LogP contribution in [0.3, 0.4) is 0 Å². The van der Waals surface area contributed by atoms with Crippen LogP contribution >= 0.6 is 11.3 Å². The Morgan fingerprint density at radius 3 is 2.56 bits per heavy atom. The van der Waals surface area contributed by atoms with Gasteiger partial charge in [0.1, 0.15) is 5.82 Å². The van der Waals surface area contributed by atoms with Crippen molar-refractivity contribution >= 4 is 31.6 Å². The first-order valence-electron chi connectivity index (χ1n) is 7.42. The second kappa shape index (κ2) is 6.47. The maximum absolute atomic E-state index is 13.0. The Morgan fingerprint density at radius 1 is 1.24 bits per heavy atom. The first-order chi connectivity index (χ1) is 11.8. The zero-order valence-electron chi connectivity index (χ0n) is 13.7. The molecule has 0 aliphatic rings. The van der Waals surface area contributed by atoms with Gasteiger partial charge in [-0.15, -0.1) is 10.8 Å². The molecule has 0 atom stereocenters. The Labute approximate surface area is 149 Å². The first kappa shape index (κ1) is 17.4. The molecule has 0 N–H and O–H groups in total. The van der Waals surface area contributed by atoms with Gasteiger partial charge in [0.25, 0.3) is 10.0 Å². The van der Waals surface area contributed by atoms with E-state index in [-0.39, 0.29) is 11.4 Å².